The van der Waals surface area contributed by atoms with Gasteiger partial charge < -0.3 is 10.6 Å². The van der Waals surface area contributed by atoms with Crippen molar-refractivity contribution in [2.45, 2.75) is 6.42 Å². The van der Waals surface area contributed by atoms with Crippen LogP contribution in [0.25, 0.3) is 0 Å². The van der Waals surface area contributed by atoms with Gasteiger partial charge in [-0.25, -0.2) is 9.02 Å². The smallest absolute Gasteiger partial charge is 0.284 e. The highest BCUT2D eigenvalue weighted by Crippen LogP contribution is 2.30. The summed E-state index contributed by atoms with van der Waals surface area (Å²) in [7, 11) is 0. The average Bonchev–Trinajstić information content (AvgIpc) is 2.94. The largest absolute Gasteiger partial charge is 0.379 e. The van der Waals surface area contributed by atoms with Crippen molar-refractivity contribution in [2.75, 3.05) is 17.2 Å². The van der Waals surface area contributed by atoms with E-state index in [1.807, 2.05) is 0 Å². The molecule has 0 saturated heterocycles. The number of carbonyl (C=O) groups is 1. The van der Waals surface area contributed by atoms with E-state index in [0.29, 0.717) is 18.7 Å². The molecule has 1 aromatic carbocycles. The van der Waals surface area contributed by atoms with Crippen molar-refractivity contribution < 1.29 is 13.8 Å². The predicted octanol–water partition coefficient (Wildman–Crippen LogP) is 0.994. The van der Waals surface area contributed by atoms with Crippen LogP contribution in [-0.4, -0.2) is 22.8 Å². The molecule has 0 atom stereocenters. The number of carbonyl (C=O) groups excluding carboxylic acids is 1. The number of halogens is 1. The van der Waals surface area contributed by atoms with E-state index < -0.39 is 5.91 Å². The Morgan fingerprint density at radius 1 is 1.44 bits per heavy atom. The van der Waals surface area contributed by atoms with E-state index in [1.54, 1.807) is 6.07 Å². The summed E-state index contributed by atoms with van der Waals surface area (Å²) in [4.78, 5) is 13.6. The van der Waals surface area contributed by atoms with Gasteiger partial charge in [0.1, 0.15) is 5.82 Å². The zero-order chi connectivity index (χ0) is 12.7. The van der Waals surface area contributed by atoms with Gasteiger partial charge in [0.2, 0.25) is 11.5 Å². The lowest BCUT2D eigenvalue weighted by Gasteiger charge is -2.15. The van der Waals surface area contributed by atoms with Gasteiger partial charge in [0.25, 0.3) is 5.91 Å². The zero-order valence-corrected chi connectivity index (χ0v) is 9.26. The van der Waals surface area contributed by atoms with E-state index in [1.165, 1.54) is 17.0 Å². The monoisotopic (exact) mass is 248 g/mol. The summed E-state index contributed by atoms with van der Waals surface area (Å²) in [5, 5.41) is 6.81. The van der Waals surface area contributed by atoms with Gasteiger partial charge in [0, 0.05) is 6.54 Å². The summed E-state index contributed by atoms with van der Waals surface area (Å²) in [6, 6.07) is 4.37. The second-order valence-electron chi connectivity index (χ2n) is 3.98. The molecule has 1 aliphatic heterocycles. The maximum atomic E-state index is 13.2. The molecule has 0 radical (unpaired) electrons. The number of aromatic nitrogens is 2. The van der Waals surface area contributed by atoms with Crippen LogP contribution in [0.15, 0.2) is 22.8 Å². The summed E-state index contributed by atoms with van der Waals surface area (Å²) < 4.78 is 17.6. The van der Waals surface area contributed by atoms with Crippen molar-refractivity contribution in [3.05, 3.63) is 35.3 Å². The van der Waals surface area contributed by atoms with Crippen molar-refractivity contribution in [1.29, 1.82) is 0 Å². The number of benzene rings is 1. The van der Waals surface area contributed by atoms with Crippen molar-refractivity contribution in [3.8, 4) is 0 Å². The van der Waals surface area contributed by atoms with Crippen LogP contribution in [0, 0.1) is 5.82 Å². The van der Waals surface area contributed by atoms with Crippen LogP contribution in [0.2, 0.25) is 0 Å². The minimum absolute atomic E-state index is 0.0490. The van der Waals surface area contributed by atoms with Crippen LogP contribution >= 0.6 is 0 Å². The first-order chi connectivity index (χ1) is 8.66. The van der Waals surface area contributed by atoms with Crippen LogP contribution in [0.3, 0.4) is 0 Å². The van der Waals surface area contributed by atoms with Crippen LogP contribution in [0.1, 0.15) is 16.1 Å². The SMILES string of the molecule is Nc1nonc1C(=O)N1CCc2ccc(F)cc21. The third kappa shape index (κ3) is 1.52. The molecule has 2 aromatic rings. The van der Waals surface area contributed by atoms with E-state index in [-0.39, 0.29) is 17.3 Å². The molecule has 92 valence electrons. The minimum Gasteiger partial charge on any atom is -0.379 e. The van der Waals surface area contributed by atoms with Gasteiger partial charge >= 0.3 is 0 Å². The summed E-state index contributed by atoms with van der Waals surface area (Å²) in [5.74, 6) is -0.886. The fraction of sp³-hybridized carbons (Fsp3) is 0.182. The lowest BCUT2D eigenvalue weighted by atomic mass is 10.2. The molecule has 7 heteroatoms. The molecule has 2 N–H and O–H groups in total. The average molecular weight is 248 g/mol. The third-order valence-corrected chi connectivity index (χ3v) is 2.90. The van der Waals surface area contributed by atoms with Crippen molar-refractivity contribution in [1.82, 2.24) is 10.3 Å². The summed E-state index contributed by atoms with van der Waals surface area (Å²) in [6.07, 6.45) is 0.673. The Morgan fingerprint density at radius 2 is 2.28 bits per heavy atom. The molecule has 1 aromatic heterocycles. The van der Waals surface area contributed by atoms with Crippen molar-refractivity contribution in [3.63, 3.8) is 0 Å². The first-order valence-corrected chi connectivity index (χ1v) is 5.35. The number of hydrogen-bond donors (Lipinski definition) is 1. The van der Waals surface area contributed by atoms with Crippen molar-refractivity contribution >= 4 is 17.4 Å². The maximum absolute atomic E-state index is 13.2. The molecular weight excluding hydrogens is 239 g/mol. The molecule has 6 nitrogen and oxygen atoms in total. The Bertz CT molecular complexity index is 625. The number of nitrogen functional groups attached to an aromatic ring is 1. The molecule has 0 fully saturated rings. The van der Waals surface area contributed by atoms with Crippen LogP contribution < -0.4 is 10.6 Å². The lowest BCUT2D eigenvalue weighted by molar-refractivity contribution is 0.0980. The molecule has 1 aliphatic rings. The van der Waals surface area contributed by atoms with Gasteiger partial charge in [0.15, 0.2) is 0 Å². The van der Waals surface area contributed by atoms with E-state index in [9.17, 15) is 9.18 Å². The van der Waals surface area contributed by atoms with Gasteiger partial charge in [0.05, 0.1) is 5.69 Å². The Balaban J connectivity index is 2.00. The number of nitrogens with two attached hydrogens (primary N) is 1. The fourth-order valence-electron chi connectivity index (χ4n) is 2.03. The van der Waals surface area contributed by atoms with E-state index >= 15 is 0 Å². The van der Waals surface area contributed by atoms with Crippen LogP contribution in [0.4, 0.5) is 15.9 Å². The predicted molar refractivity (Wildman–Crippen MR) is 60.5 cm³/mol. The molecule has 0 saturated carbocycles. The minimum atomic E-state index is -0.432. The maximum Gasteiger partial charge on any atom is 0.284 e. The highest BCUT2D eigenvalue weighted by Gasteiger charge is 2.29. The van der Waals surface area contributed by atoms with Gasteiger partial charge in [-0.1, -0.05) is 6.07 Å². The van der Waals surface area contributed by atoms with Gasteiger partial charge in [-0.2, -0.15) is 0 Å². The molecule has 1 amide bonds. The Kier molecular flexibility index (Phi) is 2.26. The quantitative estimate of drug-likeness (QED) is 0.813. The van der Waals surface area contributed by atoms with Gasteiger partial charge in [-0.15, -0.1) is 0 Å². The number of anilines is 2. The number of fused-ring (bicyclic) bond motifs is 1. The normalized spacial score (nSPS) is 13.7. The van der Waals surface area contributed by atoms with Crippen molar-refractivity contribution in [2.24, 2.45) is 0 Å². The Labute approximate surface area is 101 Å². The molecule has 3 rings (SSSR count). The lowest BCUT2D eigenvalue weighted by Crippen LogP contribution is -2.29. The zero-order valence-electron chi connectivity index (χ0n) is 9.26. The van der Waals surface area contributed by atoms with E-state index in [0.717, 1.165) is 5.56 Å². The van der Waals surface area contributed by atoms with Gasteiger partial charge in [-0.3, -0.25) is 4.79 Å². The van der Waals surface area contributed by atoms with E-state index in [2.05, 4.69) is 14.9 Å². The summed E-state index contributed by atoms with van der Waals surface area (Å²) in [6.45, 7) is 0.462. The van der Waals surface area contributed by atoms with Crippen LogP contribution in [-0.2, 0) is 6.42 Å². The molecular formula is C11H9FN4O2. The molecule has 0 bridgehead atoms. The highest BCUT2D eigenvalue weighted by atomic mass is 19.1. The Hall–Kier alpha value is -2.44. The molecule has 0 spiro atoms. The summed E-state index contributed by atoms with van der Waals surface area (Å²) in [5.41, 5.74) is 6.88. The molecule has 2 heterocycles. The topological polar surface area (TPSA) is 85.2 Å². The molecule has 0 unspecified atom stereocenters. The molecule has 18 heavy (non-hydrogen) atoms. The fourth-order valence-corrected chi connectivity index (χ4v) is 2.03. The standard InChI is InChI=1S/C11H9FN4O2/c12-7-2-1-6-3-4-16(8(6)5-7)11(17)9-10(13)15-18-14-9/h1-2,5H,3-4H2,(H2,13,15). The second kappa shape index (κ2) is 3.80. The highest BCUT2D eigenvalue weighted by molar-refractivity contribution is 6.08. The van der Waals surface area contributed by atoms with E-state index in [4.69, 9.17) is 5.73 Å². The molecule has 0 aliphatic carbocycles. The third-order valence-electron chi connectivity index (χ3n) is 2.90. The summed E-state index contributed by atoms with van der Waals surface area (Å²) >= 11 is 0. The number of rotatable bonds is 1. The second-order valence-corrected chi connectivity index (χ2v) is 3.98. The Morgan fingerprint density at radius 3 is 3.00 bits per heavy atom. The first-order valence-electron chi connectivity index (χ1n) is 5.35. The van der Waals surface area contributed by atoms with Crippen LogP contribution in [0.5, 0.6) is 0 Å². The first kappa shape index (κ1) is 10.7. The number of nitrogens with zero attached hydrogens (tertiary/aromatic N) is 3. The van der Waals surface area contributed by atoms with Gasteiger partial charge in [-0.05, 0) is 34.4 Å². The number of hydrogen-bond acceptors (Lipinski definition) is 5. The number of amides is 1.